The highest BCUT2D eigenvalue weighted by atomic mass is 16.4. The molecule has 1 aromatic heterocycles. The van der Waals surface area contributed by atoms with Gasteiger partial charge in [-0.25, -0.2) is 0 Å². The van der Waals surface area contributed by atoms with Gasteiger partial charge in [0.25, 0.3) is 0 Å². The lowest BCUT2D eigenvalue weighted by molar-refractivity contribution is -0.140. The Morgan fingerprint density at radius 2 is 2.00 bits per heavy atom. The SMILES string of the molecule is Nc1ccc(CCNC(=O)CC2(CC(=O)O)CCCC2)nc1. The minimum absolute atomic E-state index is 0.0707. The van der Waals surface area contributed by atoms with E-state index in [4.69, 9.17) is 10.8 Å². The molecule has 1 saturated carbocycles. The van der Waals surface area contributed by atoms with Crippen LogP contribution >= 0.6 is 0 Å². The van der Waals surface area contributed by atoms with E-state index in [1.807, 2.05) is 6.07 Å². The largest absolute Gasteiger partial charge is 0.481 e. The van der Waals surface area contributed by atoms with Crippen LogP contribution in [-0.2, 0) is 16.0 Å². The molecule has 0 spiro atoms. The first-order valence-corrected chi connectivity index (χ1v) is 7.68. The number of carbonyl (C=O) groups is 2. The zero-order chi connectivity index (χ0) is 16.0. The monoisotopic (exact) mass is 305 g/mol. The van der Waals surface area contributed by atoms with Crippen molar-refractivity contribution in [1.29, 1.82) is 0 Å². The second-order valence-corrected chi connectivity index (χ2v) is 6.14. The van der Waals surface area contributed by atoms with Crippen molar-refractivity contribution in [3.05, 3.63) is 24.0 Å². The van der Waals surface area contributed by atoms with Gasteiger partial charge in [-0.05, 0) is 30.4 Å². The number of amides is 1. The molecule has 1 fully saturated rings. The number of carbonyl (C=O) groups excluding carboxylic acids is 1. The summed E-state index contributed by atoms with van der Waals surface area (Å²) in [6, 6.07) is 3.62. The summed E-state index contributed by atoms with van der Waals surface area (Å²) in [6.07, 6.45) is 6.29. The van der Waals surface area contributed by atoms with Crippen molar-refractivity contribution >= 4 is 17.6 Å². The van der Waals surface area contributed by atoms with Crippen molar-refractivity contribution in [1.82, 2.24) is 10.3 Å². The van der Waals surface area contributed by atoms with Gasteiger partial charge < -0.3 is 16.2 Å². The van der Waals surface area contributed by atoms with E-state index < -0.39 is 5.97 Å². The molecular formula is C16H23N3O3. The summed E-state index contributed by atoms with van der Waals surface area (Å²) in [4.78, 5) is 27.3. The lowest BCUT2D eigenvalue weighted by atomic mass is 9.79. The van der Waals surface area contributed by atoms with E-state index in [0.29, 0.717) is 25.1 Å². The van der Waals surface area contributed by atoms with Crippen LogP contribution in [-0.4, -0.2) is 28.5 Å². The molecule has 1 amide bonds. The third-order valence-electron chi connectivity index (χ3n) is 4.28. The lowest BCUT2D eigenvalue weighted by Gasteiger charge is -2.26. The normalized spacial score (nSPS) is 16.4. The topological polar surface area (TPSA) is 105 Å². The second-order valence-electron chi connectivity index (χ2n) is 6.14. The van der Waals surface area contributed by atoms with Crippen LogP contribution in [0.5, 0.6) is 0 Å². The van der Waals surface area contributed by atoms with Gasteiger partial charge >= 0.3 is 5.97 Å². The average Bonchev–Trinajstić information content (AvgIpc) is 2.88. The third-order valence-corrected chi connectivity index (χ3v) is 4.28. The summed E-state index contributed by atoms with van der Waals surface area (Å²) in [7, 11) is 0. The van der Waals surface area contributed by atoms with Crippen molar-refractivity contribution in [2.24, 2.45) is 5.41 Å². The average molecular weight is 305 g/mol. The Balaban J connectivity index is 1.79. The summed E-state index contributed by atoms with van der Waals surface area (Å²) < 4.78 is 0. The highest BCUT2D eigenvalue weighted by Gasteiger charge is 2.37. The van der Waals surface area contributed by atoms with Crippen LogP contribution in [0.3, 0.4) is 0 Å². The van der Waals surface area contributed by atoms with Crippen LogP contribution in [0, 0.1) is 5.41 Å². The number of nitrogens with zero attached hydrogens (tertiary/aromatic N) is 1. The first-order valence-electron chi connectivity index (χ1n) is 7.68. The maximum Gasteiger partial charge on any atom is 0.303 e. The molecule has 0 aliphatic heterocycles. The van der Waals surface area contributed by atoms with Gasteiger partial charge in [0.2, 0.25) is 5.91 Å². The third kappa shape index (κ3) is 4.72. The fourth-order valence-corrected chi connectivity index (χ4v) is 3.18. The Kier molecular flexibility index (Phi) is 5.35. The molecule has 4 N–H and O–H groups in total. The molecule has 0 saturated heterocycles. The number of nitrogen functional groups attached to an aromatic ring is 1. The number of carboxylic acid groups (broad SMARTS) is 1. The molecule has 6 nitrogen and oxygen atoms in total. The van der Waals surface area contributed by atoms with E-state index in [1.165, 1.54) is 0 Å². The van der Waals surface area contributed by atoms with Crippen LogP contribution in [0.1, 0.15) is 44.2 Å². The summed E-state index contributed by atoms with van der Waals surface area (Å²) in [5.41, 5.74) is 6.70. The van der Waals surface area contributed by atoms with E-state index >= 15 is 0 Å². The maximum absolute atomic E-state index is 12.1. The Bertz CT molecular complexity index is 522. The molecule has 0 bridgehead atoms. The fraction of sp³-hybridized carbons (Fsp3) is 0.562. The van der Waals surface area contributed by atoms with Crippen LogP contribution in [0.4, 0.5) is 5.69 Å². The van der Waals surface area contributed by atoms with Gasteiger partial charge in [0.15, 0.2) is 0 Å². The van der Waals surface area contributed by atoms with Gasteiger partial charge in [0, 0.05) is 25.1 Å². The number of aromatic nitrogens is 1. The molecule has 0 atom stereocenters. The Morgan fingerprint density at radius 3 is 2.59 bits per heavy atom. The van der Waals surface area contributed by atoms with E-state index in [-0.39, 0.29) is 17.7 Å². The summed E-state index contributed by atoms with van der Waals surface area (Å²) in [5, 5.41) is 11.9. The molecule has 22 heavy (non-hydrogen) atoms. The predicted octanol–water partition coefficient (Wildman–Crippen LogP) is 1.75. The second kappa shape index (κ2) is 7.24. The number of anilines is 1. The zero-order valence-electron chi connectivity index (χ0n) is 12.7. The molecule has 1 aliphatic carbocycles. The zero-order valence-corrected chi connectivity index (χ0v) is 12.7. The van der Waals surface area contributed by atoms with Crippen molar-refractivity contribution in [3.63, 3.8) is 0 Å². The number of nitrogens with one attached hydrogen (secondary N) is 1. The molecule has 1 aromatic rings. The van der Waals surface area contributed by atoms with Gasteiger partial charge in [-0.2, -0.15) is 0 Å². The van der Waals surface area contributed by atoms with E-state index in [1.54, 1.807) is 12.3 Å². The molecule has 0 unspecified atom stereocenters. The Labute approximate surface area is 130 Å². The van der Waals surface area contributed by atoms with E-state index in [2.05, 4.69) is 10.3 Å². The molecule has 1 heterocycles. The van der Waals surface area contributed by atoms with Crippen LogP contribution in [0.25, 0.3) is 0 Å². The number of hydrogen-bond donors (Lipinski definition) is 3. The lowest BCUT2D eigenvalue weighted by Crippen LogP contribution is -2.33. The number of pyridine rings is 1. The van der Waals surface area contributed by atoms with Crippen LogP contribution in [0.2, 0.25) is 0 Å². The minimum atomic E-state index is -0.819. The highest BCUT2D eigenvalue weighted by Crippen LogP contribution is 2.43. The predicted molar refractivity (Wildman–Crippen MR) is 83.1 cm³/mol. The molecule has 0 aromatic carbocycles. The quantitative estimate of drug-likeness (QED) is 0.711. The molecule has 6 heteroatoms. The number of carboxylic acids is 1. The van der Waals surface area contributed by atoms with Crippen LogP contribution < -0.4 is 11.1 Å². The molecule has 1 aliphatic rings. The summed E-state index contributed by atoms with van der Waals surface area (Å²) >= 11 is 0. The van der Waals surface area contributed by atoms with Crippen molar-refractivity contribution in [2.75, 3.05) is 12.3 Å². The van der Waals surface area contributed by atoms with Crippen molar-refractivity contribution < 1.29 is 14.7 Å². The van der Waals surface area contributed by atoms with E-state index in [0.717, 1.165) is 31.4 Å². The van der Waals surface area contributed by atoms with Gasteiger partial charge in [0.05, 0.1) is 18.3 Å². The fourth-order valence-electron chi connectivity index (χ4n) is 3.18. The Morgan fingerprint density at radius 1 is 1.27 bits per heavy atom. The number of hydrogen-bond acceptors (Lipinski definition) is 4. The minimum Gasteiger partial charge on any atom is -0.481 e. The molecule has 0 radical (unpaired) electrons. The number of rotatable bonds is 7. The number of nitrogens with two attached hydrogens (primary N) is 1. The molecular weight excluding hydrogens is 282 g/mol. The molecule has 2 rings (SSSR count). The standard InChI is InChI=1S/C16H23N3O3/c17-12-3-4-13(19-11-12)5-8-18-14(20)9-16(10-15(21)22)6-1-2-7-16/h3-4,11H,1-2,5-10,17H2,(H,18,20)(H,21,22). The van der Waals surface area contributed by atoms with Gasteiger partial charge in [-0.1, -0.05) is 12.8 Å². The molecule has 120 valence electrons. The first kappa shape index (κ1) is 16.3. The number of aliphatic carboxylic acids is 1. The Hall–Kier alpha value is -2.11. The smallest absolute Gasteiger partial charge is 0.303 e. The van der Waals surface area contributed by atoms with Crippen molar-refractivity contribution in [3.8, 4) is 0 Å². The van der Waals surface area contributed by atoms with Gasteiger partial charge in [0.1, 0.15) is 0 Å². The first-order chi connectivity index (χ1) is 10.5. The highest BCUT2D eigenvalue weighted by molar-refractivity contribution is 5.78. The van der Waals surface area contributed by atoms with E-state index in [9.17, 15) is 9.59 Å². The van der Waals surface area contributed by atoms with Gasteiger partial charge in [-0.15, -0.1) is 0 Å². The summed E-state index contributed by atoms with van der Waals surface area (Å²) in [6.45, 7) is 0.499. The summed E-state index contributed by atoms with van der Waals surface area (Å²) in [5.74, 6) is -0.889. The van der Waals surface area contributed by atoms with Crippen LogP contribution in [0.15, 0.2) is 18.3 Å². The van der Waals surface area contributed by atoms with Crippen molar-refractivity contribution in [2.45, 2.75) is 44.9 Å². The maximum atomic E-state index is 12.1. The van der Waals surface area contributed by atoms with Gasteiger partial charge in [-0.3, -0.25) is 14.6 Å².